The maximum absolute atomic E-state index is 11.4. The topological polar surface area (TPSA) is 93.8 Å². The first-order valence-electron chi connectivity index (χ1n) is 10.6. The first kappa shape index (κ1) is 21.4. The third kappa shape index (κ3) is 5.10. The summed E-state index contributed by atoms with van der Waals surface area (Å²) in [6.45, 7) is 4.66. The average molecular weight is 424 g/mol. The molecule has 0 aliphatic carbocycles. The molecule has 1 saturated heterocycles. The summed E-state index contributed by atoms with van der Waals surface area (Å²) in [5.41, 5.74) is 9.86. The van der Waals surface area contributed by atoms with Crippen LogP contribution >= 0.6 is 0 Å². The highest BCUT2D eigenvalue weighted by Gasteiger charge is 2.27. The molecule has 8 heteroatoms. The highest BCUT2D eigenvalue weighted by molar-refractivity contribution is 5.93. The Bertz CT molecular complexity index is 958. The first-order valence-corrected chi connectivity index (χ1v) is 10.6. The summed E-state index contributed by atoms with van der Waals surface area (Å²) in [5, 5.41) is 0. The molecule has 8 nitrogen and oxygen atoms in total. The van der Waals surface area contributed by atoms with Crippen LogP contribution in [0.3, 0.4) is 0 Å². The van der Waals surface area contributed by atoms with Gasteiger partial charge in [0.2, 0.25) is 11.9 Å². The van der Waals surface area contributed by atoms with E-state index < -0.39 is 5.91 Å². The molecular formula is C23H29N5O3. The fraction of sp³-hybridized carbons (Fsp3) is 0.435. The maximum atomic E-state index is 11.4. The van der Waals surface area contributed by atoms with Gasteiger partial charge in [0, 0.05) is 51.1 Å². The predicted octanol–water partition coefficient (Wildman–Crippen LogP) is 2.03. The summed E-state index contributed by atoms with van der Waals surface area (Å²) in [6, 6.07) is 7.21. The molecule has 0 radical (unpaired) electrons. The molecule has 1 aromatic carbocycles. The number of primary amides is 1. The zero-order chi connectivity index (χ0) is 21.8. The van der Waals surface area contributed by atoms with Crippen LogP contribution in [-0.2, 0) is 9.47 Å². The Hall–Kier alpha value is -2.81. The second-order valence-electron chi connectivity index (χ2n) is 8.10. The highest BCUT2D eigenvalue weighted by atomic mass is 16.5. The molecule has 2 aliphatic heterocycles. The van der Waals surface area contributed by atoms with Crippen LogP contribution in [0, 0.1) is 0 Å². The van der Waals surface area contributed by atoms with Gasteiger partial charge in [-0.1, -0.05) is 18.2 Å². The average Bonchev–Trinajstić information content (AvgIpc) is 2.79. The zero-order valence-corrected chi connectivity index (χ0v) is 18.1. The number of hydrogen-bond donors (Lipinski definition) is 1. The lowest BCUT2D eigenvalue weighted by Crippen LogP contribution is -2.40. The van der Waals surface area contributed by atoms with Crippen LogP contribution in [0.25, 0.3) is 11.1 Å². The van der Waals surface area contributed by atoms with E-state index in [1.165, 1.54) is 5.57 Å². The molecule has 0 saturated carbocycles. The van der Waals surface area contributed by atoms with Gasteiger partial charge >= 0.3 is 0 Å². The number of nitrogens with zero attached hydrogens (tertiary/aromatic N) is 4. The number of carbonyl (C=O) groups is 1. The fourth-order valence-electron chi connectivity index (χ4n) is 3.90. The van der Waals surface area contributed by atoms with Crippen LogP contribution in [0.4, 0.5) is 5.95 Å². The number of rotatable bonds is 6. The number of amides is 1. The molecule has 0 bridgehead atoms. The van der Waals surface area contributed by atoms with E-state index in [0.29, 0.717) is 24.7 Å². The lowest BCUT2D eigenvalue weighted by atomic mass is 10.00. The van der Waals surface area contributed by atoms with E-state index in [1.807, 2.05) is 37.3 Å². The third-order valence-corrected chi connectivity index (χ3v) is 5.55. The smallest absolute Gasteiger partial charge is 0.248 e. The number of aromatic nitrogens is 2. The van der Waals surface area contributed by atoms with Crippen molar-refractivity contribution in [2.45, 2.75) is 12.5 Å². The molecule has 1 aromatic heterocycles. The van der Waals surface area contributed by atoms with Crippen molar-refractivity contribution in [1.82, 2.24) is 14.9 Å². The summed E-state index contributed by atoms with van der Waals surface area (Å²) >= 11 is 0. The second kappa shape index (κ2) is 9.55. The fourth-order valence-corrected chi connectivity index (χ4v) is 3.90. The lowest BCUT2D eigenvalue weighted by molar-refractivity contribution is -0.0299. The minimum Gasteiger partial charge on any atom is -0.377 e. The molecule has 4 rings (SSSR count). The Morgan fingerprint density at radius 1 is 1.26 bits per heavy atom. The Morgan fingerprint density at radius 2 is 2.06 bits per heavy atom. The molecule has 1 amide bonds. The van der Waals surface area contributed by atoms with Gasteiger partial charge in [-0.2, -0.15) is 0 Å². The van der Waals surface area contributed by atoms with E-state index in [9.17, 15) is 4.79 Å². The van der Waals surface area contributed by atoms with Gasteiger partial charge in [0.05, 0.1) is 25.5 Å². The van der Waals surface area contributed by atoms with E-state index in [-0.39, 0.29) is 6.10 Å². The van der Waals surface area contributed by atoms with Gasteiger partial charge < -0.3 is 20.1 Å². The summed E-state index contributed by atoms with van der Waals surface area (Å²) in [5.74, 6) is 0.190. The minimum absolute atomic E-state index is 0.175. The number of ether oxygens (including phenoxy) is 2. The van der Waals surface area contributed by atoms with Crippen molar-refractivity contribution in [2.24, 2.45) is 5.73 Å². The summed E-state index contributed by atoms with van der Waals surface area (Å²) < 4.78 is 11.8. The number of anilines is 1. The van der Waals surface area contributed by atoms with Crippen LogP contribution in [0.1, 0.15) is 28.6 Å². The first-order chi connectivity index (χ1) is 15.0. The lowest BCUT2D eigenvalue weighted by Gasteiger charge is -2.34. The number of morpholine rings is 1. The van der Waals surface area contributed by atoms with Gasteiger partial charge in [-0.3, -0.25) is 9.69 Å². The number of hydrogen-bond acceptors (Lipinski definition) is 7. The molecule has 2 N–H and O–H groups in total. The standard InChI is InChI=1S/C23H29N5O3/c1-27(2)23-25-12-19(17-5-7-18(8-6-17)22(24)29)21(26-23)20-14-28(9-11-31-20)13-16-4-3-10-30-15-16/h4-8,12,20H,3,9-11,13-15H2,1-2H3,(H2,24,29)/t20-/m0/s1. The summed E-state index contributed by atoms with van der Waals surface area (Å²) in [6.07, 6.45) is 4.92. The van der Waals surface area contributed by atoms with Crippen molar-refractivity contribution >= 4 is 11.9 Å². The van der Waals surface area contributed by atoms with E-state index >= 15 is 0 Å². The molecule has 2 aromatic rings. The van der Waals surface area contributed by atoms with Crippen LogP contribution in [0.15, 0.2) is 42.1 Å². The second-order valence-corrected chi connectivity index (χ2v) is 8.10. The summed E-state index contributed by atoms with van der Waals surface area (Å²) in [7, 11) is 3.84. The van der Waals surface area contributed by atoms with Crippen molar-refractivity contribution in [2.75, 3.05) is 58.5 Å². The van der Waals surface area contributed by atoms with Gasteiger partial charge in [0.1, 0.15) is 6.10 Å². The molecule has 1 fully saturated rings. The third-order valence-electron chi connectivity index (χ3n) is 5.55. The molecule has 164 valence electrons. The largest absolute Gasteiger partial charge is 0.377 e. The molecule has 1 atom stereocenters. The van der Waals surface area contributed by atoms with Gasteiger partial charge in [-0.25, -0.2) is 9.97 Å². The van der Waals surface area contributed by atoms with Crippen molar-refractivity contribution in [3.8, 4) is 11.1 Å². The quantitative estimate of drug-likeness (QED) is 0.711. The molecule has 31 heavy (non-hydrogen) atoms. The van der Waals surface area contributed by atoms with Gasteiger partial charge in [0.15, 0.2) is 0 Å². The van der Waals surface area contributed by atoms with Crippen LogP contribution < -0.4 is 10.6 Å². The van der Waals surface area contributed by atoms with E-state index in [1.54, 1.807) is 12.1 Å². The van der Waals surface area contributed by atoms with E-state index in [0.717, 1.165) is 49.5 Å². The van der Waals surface area contributed by atoms with Crippen molar-refractivity contribution in [1.29, 1.82) is 0 Å². The predicted molar refractivity (Wildman–Crippen MR) is 119 cm³/mol. The minimum atomic E-state index is -0.446. The molecule has 0 unspecified atom stereocenters. The SMILES string of the molecule is CN(C)c1ncc(-c2ccc(C(N)=O)cc2)c([C@@H]2CN(CC3=CCCOC3)CCO2)n1. The maximum Gasteiger partial charge on any atom is 0.248 e. The van der Waals surface area contributed by atoms with Crippen molar-refractivity contribution < 1.29 is 14.3 Å². The Labute approximate surface area is 182 Å². The normalized spacial score (nSPS) is 19.7. The van der Waals surface area contributed by atoms with Crippen LogP contribution in [0.5, 0.6) is 0 Å². The Kier molecular flexibility index (Phi) is 6.60. The van der Waals surface area contributed by atoms with Gasteiger partial charge in [-0.05, 0) is 29.7 Å². The van der Waals surface area contributed by atoms with Crippen LogP contribution in [-0.4, -0.2) is 74.3 Å². The molecule has 3 heterocycles. The Balaban J connectivity index is 1.62. The molecule has 2 aliphatic rings. The zero-order valence-electron chi connectivity index (χ0n) is 18.1. The van der Waals surface area contributed by atoms with Crippen molar-refractivity contribution in [3.05, 3.63) is 53.4 Å². The summed E-state index contributed by atoms with van der Waals surface area (Å²) in [4.78, 5) is 25.1. The number of benzene rings is 1. The monoisotopic (exact) mass is 423 g/mol. The van der Waals surface area contributed by atoms with Gasteiger partial charge in [-0.15, -0.1) is 0 Å². The molecule has 0 spiro atoms. The van der Waals surface area contributed by atoms with Gasteiger partial charge in [0.25, 0.3) is 0 Å². The Morgan fingerprint density at radius 3 is 2.74 bits per heavy atom. The highest BCUT2D eigenvalue weighted by Crippen LogP contribution is 2.32. The van der Waals surface area contributed by atoms with Crippen LogP contribution in [0.2, 0.25) is 0 Å². The molecular weight excluding hydrogens is 394 g/mol. The van der Waals surface area contributed by atoms with Crippen molar-refractivity contribution in [3.63, 3.8) is 0 Å². The van der Waals surface area contributed by atoms with E-state index in [2.05, 4.69) is 16.0 Å². The van der Waals surface area contributed by atoms with E-state index in [4.69, 9.17) is 20.2 Å². The number of nitrogens with two attached hydrogens (primary N) is 1. The number of carbonyl (C=O) groups excluding carboxylic acids is 1.